The average Bonchev–Trinajstić information content (AvgIpc) is 2.90. The van der Waals surface area contributed by atoms with Gasteiger partial charge in [-0.15, -0.1) is 0 Å². The van der Waals surface area contributed by atoms with Crippen molar-refractivity contribution in [2.75, 3.05) is 30.9 Å². The van der Waals surface area contributed by atoms with Gasteiger partial charge in [0.15, 0.2) is 17.1 Å². The number of benzene rings is 2. The maximum absolute atomic E-state index is 10.1. The number of nitrogens with zero attached hydrogens (tertiary/aromatic N) is 3. The molecule has 8 nitrogen and oxygen atoms in total. The summed E-state index contributed by atoms with van der Waals surface area (Å²) in [5.74, 6) is 2.69. The van der Waals surface area contributed by atoms with Crippen molar-refractivity contribution in [1.29, 1.82) is 0 Å². The van der Waals surface area contributed by atoms with Gasteiger partial charge in [0, 0.05) is 19.3 Å². The number of aryl methyl sites for hydroxylation is 1. The second-order valence-electron chi connectivity index (χ2n) is 9.33. The van der Waals surface area contributed by atoms with Gasteiger partial charge < -0.3 is 25.2 Å². The number of aromatic nitrogens is 3. The lowest BCUT2D eigenvalue weighted by Crippen LogP contribution is -2.15. The van der Waals surface area contributed by atoms with Crippen molar-refractivity contribution in [3.63, 3.8) is 0 Å². The van der Waals surface area contributed by atoms with Crippen LogP contribution in [0.1, 0.15) is 43.9 Å². The number of pyridine rings is 1. The molecule has 194 valence electrons. The SMILES string of the molecule is CCOc1cc(CNc2nc(NCCCc3ccc(C(C)(C)O)cc3)nc3ncccc23)ccc1OC. The Labute approximate surface area is 218 Å². The van der Waals surface area contributed by atoms with Crippen molar-refractivity contribution < 1.29 is 14.6 Å². The molecule has 0 aliphatic carbocycles. The Morgan fingerprint density at radius 3 is 2.46 bits per heavy atom. The predicted molar refractivity (Wildman–Crippen MR) is 147 cm³/mol. The van der Waals surface area contributed by atoms with E-state index in [4.69, 9.17) is 14.5 Å². The molecule has 0 aliphatic heterocycles. The van der Waals surface area contributed by atoms with Crippen LogP contribution in [0.25, 0.3) is 11.0 Å². The quantitative estimate of drug-likeness (QED) is 0.224. The Kier molecular flexibility index (Phi) is 8.40. The zero-order valence-electron chi connectivity index (χ0n) is 21.9. The molecule has 2 aromatic heterocycles. The van der Waals surface area contributed by atoms with Crippen LogP contribution in [-0.4, -0.2) is 40.3 Å². The lowest BCUT2D eigenvalue weighted by Gasteiger charge is -2.17. The zero-order chi connectivity index (χ0) is 26.3. The highest BCUT2D eigenvalue weighted by molar-refractivity contribution is 5.87. The topological polar surface area (TPSA) is 101 Å². The van der Waals surface area contributed by atoms with Crippen molar-refractivity contribution in [2.24, 2.45) is 0 Å². The van der Waals surface area contributed by atoms with E-state index in [9.17, 15) is 5.11 Å². The molecule has 4 rings (SSSR count). The van der Waals surface area contributed by atoms with Gasteiger partial charge in [0.25, 0.3) is 0 Å². The minimum absolute atomic E-state index is 0.538. The first-order valence-corrected chi connectivity index (χ1v) is 12.6. The largest absolute Gasteiger partial charge is 0.493 e. The molecule has 0 aliphatic rings. The van der Waals surface area contributed by atoms with Gasteiger partial charge in [0.1, 0.15) is 5.82 Å². The van der Waals surface area contributed by atoms with E-state index in [2.05, 4.69) is 32.7 Å². The zero-order valence-corrected chi connectivity index (χ0v) is 21.9. The number of fused-ring (bicyclic) bond motifs is 1. The van der Waals surface area contributed by atoms with Crippen LogP contribution in [0.15, 0.2) is 60.8 Å². The number of rotatable bonds is 12. The molecule has 0 fully saturated rings. The van der Waals surface area contributed by atoms with Gasteiger partial charge in [-0.05, 0) is 74.6 Å². The van der Waals surface area contributed by atoms with E-state index in [1.54, 1.807) is 27.2 Å². The van der Waals surface area contributed by atoms with Crippen molar-refractivity contribution in [2.45, 2.75) is 45.8 Å². The lowest BCUT2D eigenvalue weighted by atomic mass is 9.96. The summed E-state index contributed by atoms with van der Waals surface area (Å²) in [7, 11) is 1.64. The number of aliphatic hydroxyl groups is 1. The summed E-state index contributed by atoms with van der Waals surface area (Å²) >= 11 is 0. The highest BCUT2D eigenvalue weighted by atomic mass is 16.5. The molecular weight excluding hydrogens is 466 g/mol. The number of anilines is 2. The third-order valence-electron chi connectivity index (χ3n) is 6.04. The minimum Gasteiger partial charge on any atom is -0.493 e. The molecule has 0 saturated carbocycles. The molecule has 4 aromatic rings. The van der Waals surface area contributed by atoms with Crippen LogP contribution < -0.4 is 20.1 Å². The Morgan fingerprint density at radius 2 is 1.73 bits per heavy atom. The van der Waals surface area contributed by atoms with Gasteiger partial charge in [-0.2, -0.15) is 9.97 Å². The number of ether oxygens (including phenoxy) is 2. The summed E-state index contributed by atoms with van der Waals surface area (Å²) in [6, 6.07) is 17.8. The normalized spacial score (nSPS) is 11.4. The third kappa shape index (κ3) is 6.86. The molecule has 0 bridgehead atoms. The molecule has 0 radical (unpaired) electrons. The molecule has 0 amide bonds. The molecule has 2 heterocycles. The van der Waals surface area contributed by atoms with E-state index in [0.29, 0.717) is 30.5 Å². The van der Waals surface area contributed by atoms with Crippen molar-refractivity contribution in [3.05, 3.63) is 77.5 Å². The van der Waals surface area contributed by atoms with Crippen molar-refractivity contribution in [3.8, 4) is 11.5 Å². The van der Waals surface area contributed by atoms with Crippen molar-refractivity contribution >= 4 is 22.8 Å². The molecule has 2 aromatic carbocycles. The number of nitrogens with one attached hydrogen (secondary N) is 2. The second-order valence-corrected chi connectivity index (χ2v) is 9.33. The van der Waals surface area contributed by atoms with Crippen LogP contribution in [0.2, 0.25) is 0 Å². The van der Waals surface area contributed by atoms with Crippen LogP contribution in [0.5, 0.6) is 11.5 Å². The first-order valence-electron chi connectivity index (χ1n) is 12.6. The first-order chi connectivity index (χ1) is 17.9. The van der Waals surface area contributed by atoms with Crippen LogP contribution >= 0.6 is 0 Å². The Balaban J connectivity index is 1.41. The summed E-state index contributed by atoms with van der Waals surface area (Å²) in [5, 5.41) is 17.8. The van der Waals surface area contributed by atoms with E-state index in [0.717, 1.165) is 47.5 Å². The van der Waals surface area contributed by atoms with Crippen molar-refractivity contribution in [1.82, 2.24) is 15.0 Å². The van der Waals surface area contributed by atoms with E-state index < -0.39 is 5.60 Å². The Morgan fingerprint density at radius 1 is 0.946 bits per heavy atom. The number of hydrogen-bond acceptors (Lipinski definition) is 8. The Bertz CT molecular complexity index is 1320. The Hall–Kier alpha value is -3.91. The summed E-state index contributed by atoms with van der Waals surface area (Å²) in [6.07, 6.45) is 3.56. The number of methoxy groups -OCH3 is 1. The summed E-state index contributed by atoms with van der Waals surface area (Å²) in [4.78, 5) is 13.8. The van der Waals surface area contributed by atoms with Gasteiger partial charge in [0.05, 0.1) is 24.7 Å². The van der Waals surface area contributed by atoms with Gasteiger partial charge in [-0.3, -0.25) is 0 Å². The molecule has 0 atom stereocenters. The molecular formula is C29H35N5O3. The summed E-state index contributed by atoms with van der Waals surface area (Å²) in [5.41, 5.74) is 2.99. The summed E-state index contributed by atoms with van der Waals surface area (Å²) < 4.78 is 11.1. The van der Waals surface area contributed by atoms with E-state index >= 15 is 0 Å². The summed E-state index contributed by atoms with van der Waals surface area (Å²) in [6.45, 7) is 7.39. The fourth-order valence-corrected chi connectivity index (χ4v) is 4.03. The molecule has 0 unspecified atom stereocenters. The van der Waals surface area contributed by atoms with Gasteiger partial charge >= 0.3 is 0 Å². The van der Waals surface area contributed by atoms with E-state index in [-0.39, 0.29) is 0 Å². The monoisotopic (exact) mass is 501 g/mol. The van der Waals surface area contributed by atoms with Crippen LogP contribution in [0.3, 0.4) is 0 Å². The maximum Gasteiger partial charge on any atom is 0.226 e. The smallest absolute Gasteiger partial charge is 0.226 e. The predicted octanol–water partition coefficient (Wildman–Crippen LogP) is 5.32. The highest BCUT2D eigenvalue weighted by Gasteiger charge is 2.15. The van der Waals surface area contributed by atoms with E-state index in [1.807, 2.05) is 49.4 Å². The maximum atomic E-state index is 10.1. The highest BCUT2D eigenvalue weighted by Crippen LogP contribution is 2.29. The number of hydrogen-bond donors (Lipinski definition) is 3. The van der Waals surface area contributed by atoms with Gasteiger partial charge in [0.2, 0.25) is 5.95 Å². The van der Waals surface area contributed by atoms with Gasteiger partial charge in [-0.25, -0.2) is 4.98 Å². The molecule has 37 heavy (non-hydrogen) atoms. The van der Waals surface area contributed by atoms with Crippen LogP contribution in [-0.2, 0) is 18.6 Å². The fourth-order valence-electron chi connectivity index (χ4n) is 4.03. The average molecular weight is 502 g/mol. The van der Waals surface area contributed by atoms with Crippen LogP contribution in [0, 0.1) is 0 Å². The lowest BCUT2D eigenvalue weighted by molar-refractivity contribution is 0.0786. The first kappa shape index (κ1) is 26.2. The minimum atomic E-state index is -0.827. The third-order valence-corrected chi connectivity index (χ3v) is 6.04. The fraction of sp³-hybridized carbons (Fsp3) is 0.345. The van der Waals surface area contributed by atoms with E-state index in [1.165, 1.54) is 5.56 Å². The molecule has 0 spiro atoms. The van der Waals surface area contributed by atoms with Crippen LogP contribution in [0.4, 0.5) is 11.8 Å². The molecule has 0 saturated heterocycles. The standard InChI is InChI=1S/C29H35N5O3/c1-5-37-25-18-21(12-15-24(25)36-4)19-32-27-23-9-7-16-30-26(23)33-28(34-27)31-17-6-8-20-10-13-22(14-11-20)29(2,3)35/h7,9-16,18,35H,5-6,8,17,19H2,1-4H3,(H2,30,31,32,33,34). The van der Waals surface area contributed by atoms with Gasteiger partial charge in [-0.1, -0.05) is 30.3 Å². The molecule has 8 heteroatoms. The molecule has 3 N–H and O–H groups in total. The second kappa shape index (κ2) is 11.9.